The highest BCUT2D eigenvalue weighted by Gasteiger charge is 2.43. The maximum absolute atomic E-state index is 10.6. The molecule has 3 heterocycles. The molecule has 29 heavy (non-hydrogen) atoms. The van der Waals surface area contributed by atoms with E-state index in [4.69, 9.17) is 19.8 Å². The minimum atomic E-state index is -0.250. The molecule has 9 nitrogen and oxygen atoms in total. The third kappa shape index (κ3) is 7.09. The van der Waals surface area contributed by atoms with E-state index in [9.17, 15) is 5.11 Å². The lowest BCUT2D eigenvalue weighted by atomic mass is 9.77. The van der Waals surface area contributed by atoms with E-state index in [0.29, 0.717) is 12.0 Å². The Hall–Kier alpha value is -1.97. The molecule has 3 fully saturated rings. The predicted molar refractivity (Wildman–Crippen MR) is 107 cm³/mol. The van der Waals surface area contributed by atoms with Gasteiger partial charge < -0.3 is 20.2 Å². The van der Waals surface area contributed by atoms with Gasteiger partial charge in [0, 0.05) is 38.1 Å². The van der Waals surface area contributed by atoms with Crippen LogP contribution in [0.1, 0.15) is 32.1 Å². The van der Waals surface area contributed by atoms with Gasteiger partial charge in [0.05, 0.1) is 6.10 Å². The van der Waals surface area contributed by atoms with E-state index >= 15 is 0 Å². The van der Waals surface area contributed by atoms with Crippen molar-refractivity contribution in [2.45, 2.75) is 50.8 Å². The van der Waals surface area contributed by atoms with Gasteiger partial charge in [-0.3, -0.25) is 19.2 Å². The van der Waals surface area contributed by atoms with Gasteiger partial charge >= 0.3 is 0 Å². The van der Waals surface area contributed by atoms with Crippen LogP contribution in [0.3, 0.4) is 0 Å². The van der Waals surface area contributed by atoms with Crippen molar-refractivity contribution < 1.29 is 24.9 Å². The number of hydrogen-bond donors (Lipinski definition) is 3. The van der Waals surface area contributed by atoms with Crippen molar-refractivity contribution in [3.05, 3.63) is 18.5 Å². The van der Waals surface area contributed by atoms with Crippen LogP contribution in [-0.4, -0.2) is 92.7 Å². The van der Waals surface area contributed by atoms with Crippen LogP contribution in [0.15, 0.2) is 18.5 Å². The van der Waals surface area contributed by atoms with Crippen LogP contribution in [0.25, 0.3) is 0 Å². The van der Waals surface area contributed by atoms with Gasteiger partial charge in [0.15, 0.2) is 0 Å². The molecule has 1 saturated carbocycles. The van der Waals surface area contributed by atoms with E-state index in [-0.39, 0.29) is 19.0 Å². The van der Waals surface area contributed by atoms with E-state index in [1.807, 2.05) is 23.1 Å². The summed E-state index contributed by atoms with van der Waals surface area (Å²) in [6.45, 7) is 6.50. The summed E-state index contributed by atoms with van der Waals surface area (Å²) in [4.78, 5) is 21.9. The Morgan fingerprint density at radius 3 is 2.21 bits per heavy atom. The SMILES string of the molecule is O=CO.O=CO.O[C@@H]1C[C@H]2CN(CCCn3cccn3)C[C@H]2C[C@H]1N1CCCC1. The summed E-state index contributed by atoms with van der Waals surface area (Å²) in [5.74, 6) is 1.52. The minimum absolute atomic E-state index is 0.0987. The molecule has 164 valence electrons. The second-order valence-electron chi connectivity index (χ2n) is 7.96. The first-order valence-corrected chi connectivity index (χ1v) is 10.4. The highest BCUT2D eigenvalue weighted by atomic mass is 16.3. The second kappa shape index (κ2) is 12.6. The van der Waals surface area contributed by atoms with Crippen molar-refractivity contribution in [3.8, 4) is 0 Å². The molecule has 3 N–H and O–H groups in total. The minimum Gasteiger partial charge on any atom is -0.483 e. The van der Waals surface area contributed by atoms with Gasteiger partial charge in [-0.05, 0) is 69.6 Å². The molecule has 0 aromatic carbocycles. The number of nitrogens with zero attached hydrogens (tertiary/aromatic N) is 4. The molecule has 2 aliphatic heterocycles. The molecule has 0 spiro atoms. The van der Waals surface area contributed by atoms with Crippen LogP contribution in [-0.2, 0) is 16.1 Å². The number of aromatic nitrogens is 2. The van der Waals surface area contributed by atoms with E-state index in [0.717, 1.165) is 25.4 Å². The molecule has 0 radical (unpaired) electrons. The summed E-state index contributed by atoms with van der Waals surface area (Å²) < 4.78 is 2.02. The van der Waals surface area contributed by atoms with Crippen LogP contribution in [0, 0.1) is 11.8 Å². The van der Waals surface area contributed by atoms with Crippen LogP contribution in [0.4, 0.5) is 0 Å². The van der Waals surface area contributed by atoms with Gasteiger partial charge in [-0.2, -0.15) is 5.10 Å². The van der Waals surface area contributed by atoms with Crippen LogP contribution >= 0.6 is 0 Å². The number of carbonyl (C=O) groups is 2. The molecule has 2 saturated heterocycles. The zero-order valence-electron chi connectivity index (χ0n) is 16.9. The lowest BCUT2D eigenvalue weighted by Gasteiger charge is -2.40. The lowest BCUT2D eigenvalue weighted by molar-refractivity contribution is -0.123. The van der Waals surface area contributed by atoms with Gasteiger partial charge in [0.1, 0.15) is 0 Å². The van der Waals surface area contributed by atoms with Crippen LogP contribution in [0.5, 0.6) is 0 Å². The van der Waals surface area contributed by atoms with Crippen molar-refractivity contribution in [2.24, 2.45) is 11.8 Å². The molecule has 9 heteroatoms. The van der Waals surface area contributed by atoms with Gasteiger partial charge in [-0.15, -0.1) is 0 Å². The molecule has 4 atom stereocenters. The summed E-state index contributed by atoms with van der Waals surface area (Å²) in [6.07, 6.45) is 9.82. The Morgan fingerprint density at radius 2 is 1.62 bits per heavy atom. The largest absolute Gasteiger partial charge is 0.483 e. The Bertz CT molecular complexity index is 573. The fourth-order valence-electron chi connectivity index (χ4n) is 5.04. The second-order valence-corrected chi connectivity index (χ2v) is 7.96. The van der Waals surface area contributed by atoms with Gasteiger partial charge in [-0.1, -0.05) is 0 Å². The molecule has 0 amide bonds. The quantitative estimate of drug-likeness (QED) is 0.611. The van der Waals surface area contributed by atoms with E-state index in [1.54, 1.807) is 0 Å². The number of likely N-dealkylation sites (tertiary alicyclic amines) is 2. The van der Waals surface area contributed by atoms with Crippen molar-refractivity contribution in [1.82, 2.24) is 19.6 Å². The molecule has 1 aromatic rings. The van der Waals surface area contributed by atoms with Crippen LogP contribution in [0.2, 0.25) is 0 Å². The summed E-state index contributed by atoms with van der Waals surface area (Å²) >= 11 is 0. The van der Waals surface area contributed by atoms with Gasteiger partial charge in [0.2, 0.25) is 0 Å². The normalized spacial score (nSPS) is 29.1. The summed E-state index contributed by atoms with van der Waals surface area (Å²) in [5, 5.41) is 28.6. The number of hydrogen-bond acceptors (Lipinski definition) is 6. The third-order valence-electron chi connectivity index (χ3n) is 6.22. The lowest BCUT2D eigenvalue weighted by Crippen LogP contribution is -2.48. The van der Waals surface area contributed by atoms with Crippen molar-refractivity contribution in [1.29, 1.82) is 0 Å². The summed E-state index contributed by atoms with van der Waals surface area (Å²) in [5.41, 5.74) is 0. The number of aliphatic hydroxyl groups excluding tert-OH is 1. The highest BCUT2D eigenvalue weighted by Crippen LogP contribution is 2.39. The van der Waals surface area contributed by atoms with E-state index in [2.05, 4.69) is 14.9 Å². The topological polar surface area (TPSA) is 119 Å². The fourth-order valence-corrected chi connectivity index (χ4v) is 5.04. The van der Waals surface area contributed by atoms with E-state index in [1.165, 1.54) is 51.9 Å². The summed E-state index contributed by atoms with van der Waals surface area (Å²) in [6, 6.07) is 2.42. The maximum Gasteiger partial charge on any atom is 0.290 e. The zero-order valence-corrected chi connectivity index (χ0v) is 16.9. The average Bonchev–Trinajstić information content (AvgIpc) is 3.44. The van der Waals surface area contributed by atoms with E-state index < -0.39 is 0 Å². The van der Waals surface area contributed by atoms with Crippen molar-refractivity contribution >= 4 is 12.9 Å². The average molecular weight is 411 g/mol. The first kappa shape index (κ1) is 23.3. The summed E-state index contributed by atoms with van der Waals surface area (Å²) in [7, 11) is 0. The first-order chi connectivity index (χ1) is 14.1. The molecule has 0 bridgehead atoms. The van der Waals surface area contributed by atoms with Crippen LogP contribution < -0.4 is 0 Å². The number of carboxylic acid groups (broad SMARTS) is 2. The fraction of sp³-hybridized carbons (Fsp3) is 0.750. The van der Waals surface area contributed by atoms with Gasteiger partial charge in [-0.25, -0.2) is 0 Å². The highest BCUT2D eigenvalue weighted by molar-refractivity contribution is 5.33. The van der Waals surface area contributed by atoms with Crippen molar-refractivity contribution in [3.63, 3.8) is 0 Å². The molecule has 1 aliphatic carbocycles. The Morgan fingerprint density at radius 1 is 1.00 bits per heavy atom. The number of aryl methyl sites for hydroxylation is 1. The zero-order chi connectivity index (χ0) is 21.1. The first-order valence-electron chi connectivity index (χ1n) is 10.4. The molecule has 3 aliphatic rings. The Kier molecular flexibility index (Phi) is 10.1. The number of rotatable bonds is 5. The third-order valence-corrected chi connectivity index (χ3v) is 6.22. The Balaban J connectivity index is 0.000000449. The molecular formula is C20H34N4O5. The number of aliphatic hydroxyl groups is 1. The molecule has 4 rings (SSSR count). The van der Waals surface area contributed by atoms with Gasteiger partial charge in [0.25, 0.3) is 12.9 Å². The monoisotopic (exact) mass is 410 g/mol. The molecule has 1 aromatic heterocycles. The van der Waals surface area contributed by atoms with Crippen molar-refractivity contribution in [2.75, 3.05) is 32.7 Å². The standard InChI is InChI=1S/C18H30N4O.2CH2O2/c23-18-12-16-14-20(6-4-10-22-9-3-5-19-22)13-15(16)11-17(18)21-7-1-2-8-21;2*2-1-3/h3,5,9,15-18,23H,1-2,4,6-8,10-14H2;2*1H,(H,2,3)/t15-,16+,17-,18-;;/m1../s1. The Labute approximate surface area is 171 Å². The smallest absolute Gasteiger partial charge is 0.290 e. The molecule has 0 unspecified atom stereocenters. The predicted octanol–water partition coefficient (Wildman–Crippen LogP) is 0.842. The molecular weight excluding hydrogens is 376 g/mol. The maximum atomic E-state index is 10.6. The number of fused-ring (bicyclic) bond motifs is 1.